The number of hydrogen-bond acceptors (Lipinski definition) is 4. The molecule has 0 aliphatic carbocycles. The second-order valence-corrected chi connectivity index (χ2v) is 5.43. The number of rotatable bonds is 7. The van der Waals surface area contributed by atoms with Crippen molar-refractivity contribution in [3.8, 4) is 0 Å². The Kier molecular flexibility index (Phi) is 6.56. The summed E-state index contributed by atoms with van der Waals surface area (Å²) in [5, 5.41) is 2.64. The molecule has 0 aliphatic rings. The lowest BCUT2D eigenvalue weighted by Crippen LogP contribution is -2.47. The summed E-state index contributed by atoms with van der Waals surface area (Å²) >= 11 is 0. The van der Waals surface area contributed by atoms with Gasteiger partial charge in [0, 0.05) is 0 Å². The smallest absolute Gasteiger partial charge is 0.329 e. The highest BCUT2D eigenvalue weighted by atomic mass is 16.5. The fraction of sp³-hybridized carbons (Fsp3) is 0.438. The van der Waals surface area contributed by atoms with Crippen molar-refractivity contribution in [2.24, 2.45) is 11.7 Å². The minimum absolute atomic E-state index is 0.169. The molecule has 120 valence electrons. The van der Waals surface area contributed by atoms with Crippen molar-refractivity contribution >= 4 is 17.8 Å². The Morgan fingerprint density at radius 3 is 2.23 bits per heavy atom. The van der Waals surface area contributed by atoms with Crippen LogP contribution in [-0.4, -0.2) is 29.9 Å². The average molecular weight is 306 g/mol. The number of carbonyl (C=O) groups is 3. The van der Waals surface area contributed by atoms with Crippen LogP contribution in [0.25, 0.3) is 0 Å². The van der Waals surface area contributed by atoms with Crippen LogP contribution in [0.4, 0.5) is 0 Å². The minimum Gasteiger partial charge on any atom is -0.451 e. The predicted molar refractivity (Wildman–Crippen MR) is 81.7 cm³/mol. The van der Waals surface area contributed by atoms with Crippen molar-refractivity contribution < 1.29 is 19.1 Å². The molecule has 0 radical (unpaired) electrons. The van der Waals surface area contributed by atoms with Gasteiger partial charge >= 0.3 is 5.97 Å². The van der Waals surface area contributed by atoms with Gasteiger partial charge in [0.25, 0.3) is 5.91 Å². The number of esters is 1. The van der Waals surface area contributed by atoms with Gasteiger partial charge in [0.2, 0.25) is 5.91 Å². The van der Waals surface area contributed by atoms with Gasteiger partial charge in [-0.1, -0.05) is 44.2 Å². The van der Waals surface area contributed by atoms with Crippen LogP contribution >= 0.6 is 0 Å². The highest BCUT2D eigenvalue weighted by molar-refractivity contribution is 5.87. The van der Waals surface area contributed by atoms with Crippen molar-refractivity contribution in [2.75, 3.05) is 0 Å². The molecule has 0 fully saturated rings. The van der Waals surface area contributed by atoms with Crippen LogP contribution < -0.4 is 11.1 Å². The number of amides is 2. The number of ether oxygens (including phenoxy) is 1. The molecule has 0 aliphatic heterocycles. The molecular weight excluding hydrogens is 284 g/mol. The maximum atomic E-state index is 12.0. The number of nitrogens with two attached hydrogens (primary N) is 1. The summed E-state index contributed by atoms with van der Waals surface area (Å²) in [6, 6.07) is 8.38. The van der Waals surface area contributed by atoms with Crippen molar-refractivity contribution in [3.05, 3.63) is 35.9 Å². The highest BCUT2D eigenvalue weighted by Crippen LogP contribution is 2.07. The molecule has 3 N–H and O–H groups in total. The van der Waals surface area contributed by atoms with Crippen molar-refractivity contribution in [3.63, 3.8) is 0 Å². The van der Waals surface area contributed by atoms with E-state index in [1.807, 2.05) is 30.3 Å². The van der Waals surface area contributed by atoms with Gasteiger partial charge in [0.1, 0.15) is 6.04 Å². The molecule has 0 bridgehead atoms. The largest absolute Gasteiger partial charge is 0.451 e. The van der Waals surface area contributed by atoms with Crippen LogP contribution in [0.3, 0.4) is 0 Å². The predicted octanol–water partition coefficient (Wildman–Crippen LogP) is 0.787. The summed E-state index contributed by atoms with van der Waals surface area (Å²) in [7, 11) is 0. The lowest BCUT2D eigenvalue weighted by Gasteiger charge is -2.22. The summed E-state index contributed by atoms with van der Waals surface area (Å²) in [6.45, 7) is 4.96. The third-order valence-electron chi connectivity index (χ3n) is 3.14. The Morgan fingerprint density at radius 1 is 1.14 bits per heavy atom. The van der Waals surface area contributed by atoms with Crippen LogP contribution in [0.1, 0.15) is 26.3 Å². The molecule has 1 aromatic carbocycles. The molecular formula is C16H22N2O4. The first-order valence-corrected chi connectivity index (χ1v) is 7.14. The summed E-state index contributed by atoms with van der Waals surface area (Å²) in [4.78, 5) is 35.0. The van der Waals surface area contributed by atoms with E-state index in [4.69, 9.17) is 10.5 Å². The quantitative estimate of drug-likeness (QED) is 0.727. The molecule has 0 saturated carbocycles. The van der Waals surface area contributed by atoms with Gasteiger partial charge in [-0.25, -0.2) is 4.79 Å². The van der Waals surface area contributed by atoms with Gasteiger partial charge in [-0.2, -0.15) is 0 Å². The number of nitrogens with one attached hydrogen (secondary N) is 1. The fourth-order valence-electron chi connectivity index (χ4n) is 1.81. The molecule has 1 aromatic rings. The Labute approximate surface area is 130 Å². The summed E-state index contributed by atoms with van der Waals surface area (Å²) in [5.41, 5.74) is 5.91. The zero-order valence-electron chi connectivity index (χ0n) is 13.0. The minimum atomic E-state index is -1.03. The first-order chi connectivity index (χ1) is 10.3. The molecule has 6 heteroatoms. The normalized spacial score (nSPS) is 13.3. The van der Waals surface area contributed by atoms with Crippen LogP contribution in [0, 0.1) is 5.92 Å². The zero-order valence-corrected chi connectivity index (χ0v) is 13.0. The van der Waals surface area contributed by atoms with E-state index < -0.39 is 24.0 Å². The molecule has 0 heterocycles. The van der Waals surface area contributed by atoms with E-state index in [-0.39, 0.29) is 18.2 Å². The first-order valence-electron chi connectivity index (χ1n) is 7.14. The third kappa shape index (κ3) is 5.55. The Hall–Kier alpha value is -2.37. The van der Waals surface area contributed by atoms with Crippen molar-refractivity contribution in [2.45, 2.75) is 39.3 Å². The van der Waals surface area contributed by atoms with E-state index in [1.165, 1.54) is 6.92 Å². The van der Waals surface area contributed by atoms with Gasteiger partial charge in [0.05, 0.1) is 6.42 Å². The molecule has 0 spiro atoms. The van der Waals surface area contributed by atoms with Gasteiger partial charge in [-0.15, -0.1) is 0 Å². The van der Waals surface area contributed by atoms with E-state index >= 15 is 0 Å². The summed E-state index contributed by atoms with van der Waals surface area (Å²) < 4.78 is 4.96. The number of carbonyl (C=O) groups excluding carboxylic acids is 3. The zero-order chi connectivity index (χ0) is 16.7. The first kappa shape index (κ1) is 17.7. The van der Waals surface area contributed by atoms with Gasteiger partial charge in [-0.05, 0) is 18.4 Å². The summed E-state index contributed by atoms with van der Waals surface area (Å²) in [5.74, 6) is -1.85. The van der Waals surface area contributed by atoms with E-state index in [2.05, 4.69) is 5.32 Å². The maximum Gasteiger partial charge on any atom is 0.329 e. The average Bonchev–Trinajstić information content (AvgIpc) is 2.45. The molecule has 0 aromatic heterocycles. The molecule has 6 nitrogen and oxygen atoms in total. The Bertz CT molecular complexity index is 528. The van der Waals surface area contributed by atoms with Crippen LogP contribution in [0.5, 0.6) is 0 Å². The van der Waals surface area contributed by atoms with E-state index in [1.54, 1.807) is 13.8 Å². The van der Waals surface area contributed by atoms with E-state index in [0.717, 1.165) is 5.56 Å². The highest BCUT2D eigenvalue weighted by Gasteiger charge is 2.28. The molecule has 1 rings (SSSR count). The van der Waals surface area contributed by atoms with Gasteiger partial charge in [0.15, 0.2) is 6.10 Å². The van der Waals surface area contributed by atoms with Crippen LogP contribution in [0.15, 0.2) is 30.3 Å². The molecule has 22 heavy (non-hydrogen) atoms. The maximum absolute atomic E-state index is 12.0. The molecule has 2 atom stereocenters. The SMILES string of the molecule is CC(C)[C@H](NC(=O)Cc1ccccc1)C(=O)O[C@H](C)C(N)=O. The lowest BCUT2D eigenvalue weighted by atomic mass is 10.0. The number of primary amides is 1. The number of hydrogen-bond donors (Lipinski definition) is 2. The fourth-order valence-corrected chi connectivity index (χ4v) is 1.81. The van der Waals surface area contributed by atoms with E-state index in [0.29, 0.717) is 0 Å². The monoisotopic (exact) mass is 306 g/mol. The topological polar surface area (TPSA) is 98.5 Å². The Balaban J connectivity index is 2.65. The van der Waals surface area contributed by atoms with Crippen molar-refractivity contribution in [1.82, 2.24) is 5.32 Å². The standard InChI is InChI=1S/C16H22N2O4/c1-10(2)14(16(21)22-11(3)15(17)20)18-13(19)9-12-7-5-4-6-8-12/h4-8,10-11,14H,9H2,1-3H3,(H2,17,20)(H,18,19)/t11-,14+/m1/s1. The van der Waals surface area contributed by atoms with E-state index in [9.17, 15) is 14.4 Å². The molecule has 0 unspecified atom stereocenters. The lowest BCUT2D eigenvalue weighted by molar-refractivity contribution is -0.157. The molecule has 2 amide bonds. The Morgan fingerprint density at radius 2 is 1.73 bits per heavy atom. The van der Waals surface area contributed by atoms with Crippen LogP contribution in [0.2, 0.25) is 0 Å². The summed E-state index contributed by atoms with van der Waals surface area (Å²) in [6.07, 6.45) is -0.859. The third-order valence-corrected chi connectivity index (χ3v) is 3.14. The van der Waals surface area contributed by atoms with Crippen molar-refractivity contribution in [1.29, 1.82) is 0 Å². The second-order valence-electron chi connectivity index (χ2n) is 5.43. The van der Waals surface area contributed by atoms with Crippen LogP contribution in [-0.2, 0) is 25.5 Å². The number of benzene rings is 1. The van der Waals surface area contributed by atoms with Gasteiger partial charge < -0.3 is 15.8 Å². The van der Waals surface area contributed by atoms with Gasteiger partial charge in [-0.3, -0.25) is 9.59 Å². The molecule has 0 saturated heterocycles. The second kappa shape index (κ2) is 8.17.